The van der Waals surface area contributed by atoms with E-state index in [-0.39, 0.29) is 17.5 Å². The molecule has 0 saturated carbocycles. The van der Waals surface area contributed by atoms with Crippen LogP contribution in [0.2, 0.25) is 0 Å². The van der Waals surface area contributed by atoms with Gasteiger partial charge in [-0.3, -0.25) is 10.1 Å². The van der Waals surface area contributed by atoms with Gasteiger partial charge in [-0.15, -0.1) is 10.2 Å². The number of halogens is 1. The van der Waals surface area contributed by atoms with Crippen molar-refractivity contribution in [3.63, 3.8) is 0 Å². The van der Waals surface area contributed by atoms with Gasteiger partial charge < -0.3 is 10.6 Å². The largest absolute Gasteiger partial charge is 0.326 e. The van der Waals surface area contributed by atoms with Crippen LogP contribution >= 0.6 is 11.3 Å². The number of aromatic nitrogens is 2. The molecule has 0 fully saturated rings. The lowest BCUT2D eigenvalue weighted by Crippen LogP contribution is -2.19. The molecule has 9 heteroatoms. The van der Waals surface area contributed by atoms with Gasteiger partial charge in [0.05, 0.1) is 6.42 Å². The summed E-state index contributed by atoms with van der Waals surface area (Å²) >= 11 is 1.10. The Labute approximate surface area is 158 Å². The molecule has 27 heavy (non-hydrogen) atoms. The van der Waals surface area contributed by atoms with E-state index in [0.717, 1.165) is 16.9 Å². The number of hydrogen-bond donors (Lipinski definition) is 3. The van der Waals surface area contributed by atoms with Crippen LogP contribution in [0, 0.1) is 12.7 Å². The summed E-state index contributed by atoms with van der Waals surface area (Å²) in [6.45, 7) is 1.94. The van der Waals surface area contributed by atoms with Crippen LogP contribution in [0.25, 0.3) is 0 Å². The Bertz CT molecular complexity index is 958. The van der Waals surface area contributed by atoms with E-state index in [9.17, 15) is 14.0 Å². The van der Waals surface area contributed by atoms with Crippen LogP contribution in [-0.4, -0.2) is 22.1 Å². The summed E-state index contributed by atoms with van der Waals surface area (Å²) in [6, 6.07) is 12.3. The van der Waals surface area contributed by atoms with Gasteiger partial charge in [-0.2, -0.15) is 0 Å². The number of urea groups is 1. The fourth-order valence-electron chi connectivity index (χ4n) is 2.23. The normalized spacial score (nSPS) is 10.3. The average Bonchev–Trinajstić information content (AvgIpc) is 3.03. The molecule has 138 valence electrons. The molecule has 3 amide bonds. The SMILES string of the molecule is Cc1cccc(NC(=O)Cc2nnc(NC(=O)Nc3ccc(F)cc3)s2)c1. The Balaban J connectivity index is 1.52. The summed E-state index contributed by atoms with van der Waals surface area (Å²) in [5.41, 5.74) is 2.19. The molecule has 0 unspecified atom stereocenters. The number of nitrogens with one attached hydrogen (secondary N) is 3. The molecule has 1 aromatic heterocycles. The number of carbonyl (C=O) groups is 2. The Kier molecular flexibility index (Phi) is 5.72. The Hall–Kier alpha value is -3.33. The standard InChI is InChI=1S/C18H16FN5O2S/c1-11-3-2-4-14(9-11)20-15(25)10-16-23-24-18(27-16)22-17(26)21-13-7-5-12(19)6-8-13/h2-9H,10H2,1H3,(H,20,25)(H2,21,22,24,26). The number of anilines is 3. The fraction of sp³-hybridized carbons (Fsp3) is 0.111. The van der Waals surface area contributed by atoms with Gasteiger partial charge in [0, 0.05) is 11.4 Å². The summed E-state index contributed by atoms with van der Waals surface area (Å²) in [5, 5.41) is 16.3. The molecule has 0 aliphatic carbocycles. The predicted octanol–water partition coefficient (Wildman–Crippen LogP) is 3.81. The molecular formula is C18H16FN5O2S. The smallest absolute Gasteiger partial charge is 0.325 e. The van der Waals surface area contributed by atoms with Gasteiger partial charge >= 0.3 is 6.03 Å². The number of benzene rings is 2. The monoisotopic (exact) mass is 385 g/mol. The van der Waals surface area contributed by atoms with Gasteiger partial charge in [0.1, 0.15) is 10.8 Å². The highest BCUT2D eigenvalue weighted by Crippen LogP contribution is 2.17. The summed E-state index contributed by atoms with van der Waals surface area (Å²) < 4.78 is 12.9. The highest BCUT2D eigenvalue weighted by atomic mass is 32.1. The first-order valence-corrected chi connectivity index (χ1v) is 8.82. The highest BCUT2D eigenvalue weighted by molar-refractivity contribution is 7.15. The molecule has 0 aliphatic heterocycles. The minimum atomic E-state index is -0.534. The summed E-state index contributed by atoms with van der Waals surface area (Å²) in [7, 11) is 0. The van der Waals surface area contributed by atoms with Crippen LogP contribution in [-0.2, 0) is 11.2 Å². The topological polar surface area (TPSA) is 96.0 Å². The molecule has 0 atom stereocenters. The lowest BCUT2D eigenvalue weighted by Gasteiger charge is -2.04. The third-order valence-corrected chi connectivity index (χ3v) is 4.24. The van der Waals surface area contributed by atoms with Gasteiger partial charge in [-0.25, -0.2) is 9.18 Å². The molecular weight excluding hydrogens is 369 g/mol. The first-order chi connectivity index (χ1) is 13.0. The van der Waals surface area contributed by atoms with Crippen molar-refractivity contribution in [2.75, 3.05) is 16.0 Å². The zero-order valence-corrected chi connectivity index (χ0v) is 15.1. The molecule has 3 aromatic rings. The van der Waals surface area contributed by atoms with Crippen LogP contribution in [0.1, 0.15) is 10.6 Å². The zero-order valence-electron chi connectivity index (χ0n) is 14.3. The number of hydrogen-bond acceptors (Lipinski definition) is 5. The lowest BCUT2D eigenvalue weighted by molar-refractivity contribution is -0.115. The van der Waals surface area contributed by atoms with Gasteiger partial charge in [0.25, 0.3) is 0 Å². The van der Waals surface area contributed by atoms with Crippen LogP contribution in [0.15, 0.2) is 48.5 Å². The maximum absolute atomic E-state index is 12.9. The first-order valence-electron chi connectivity index (χ1n) is 8.00. The Morgan fingerprint density at radius 2 is 1.78 bits per heavy atom. The number of rotatable bonds is 5. The lowest BCUT2D eigenvalue weighted by atomic mass is 10.2. The minimum Gasteiger partial charge on any atom is -0.326 e. The third kappa shape index (κ3) is 5.58. The van der Waals surface area contributed by atoms with E-state index in [1.54, 1.807) is 6.07 Å². The quantitative estimate of drug-likeness (QED) is 0.622. The van der Waals surface area contributed by atoms with Gasteiger partial charge in [-0.05, 0) is 48.9 Å². The molecule has 0 aliphatic rings. The molecule has 7 nitrogen and oxygen atoms in total. The zero-order chi connectivity index (χ0) is 19.2. The van der Waals surface area contributed by atoms with E-state index in [4.69, 9.17) is 0 Å². The molecule has 3 N–H and O–H groups in total. The van der Waals surface area contributed by atoms with Crippen molar-refractivity contribution in [2.24, 2.45) is 0 Å². The predicted molar refractivity (Wildman–Crippen MR) is 102 cm³/mol. The van der Waals surface area contributed by atoms with Crippen molar-refractivity contribution in [1.82, 2.24) is 10.2 Å². The molecule has 0 radical (unpaired) electrons. The molecule has 2 aromatic carbocycles. The van der Waals surface area contributed by atoms with Crippen LogP contribution < -0.4 is 16.0 Å². The second kappa shape index (κ2) is 8.37. The molecule has 0 bridgehead atoms. The summed E-state index contributed by atoms with van der Waals surface area (Å²) in [6.07, 6.45) is 0.0485. The van der Waals surface area contributed by atoms with Crippen molar-refractivity contribution >= 4 is 39.8 Å². The Morgan fingerprint density at radius 1 is 1.00 bits per heavy atom. The second-order valence-corrected chi connectivity index (χ2v) is 6.74. The number of aryl methyl sites for hydroxylation is 1. The molecule has 1 heterocycles. The van der Waals surface area contributed by atoms with Crippen LogP contribution in [0.5, 0.6) is 0 Å². The van der Waals surface area contributed by atoms with E-state index < -0.39 is 11.8 Å². The Morgan fingerprint density at radius 3 is 2.52 bits per heavy atom. The van der Waals surface area contributed by atoms with E-state index >= 15 is 0 Å². The van der Waals surface area contributed by atoms with E-state index in [1.807, 2.05) is 25.1 Å². The van der Waals surface area contributed by atoms with Crippen molar-refractivity contribution in [2.45, 2.75) is 13.3 Å². The van der Waals surface area contributed by atoms with Gasteiger partial charge in [0.15, 0.2) is 0 Å². The van der Waals surface area contributed by atoms with E-state index in [1.165, 1.54) is 24.3 Å². The maximum atomic E-state index is 12.9. The summed E-state index contributed by atoms with van der Waals surface area (Å²) in [4.78, 5) is 24.0. The second-order valence-electron chi connectivity index (χ2n) is 5.68. The number of carbonyl (C=O) groups excluding carboxylic acids is 2. The van der Waals surface area contributed by atoms with Gasteiger partial charge in [-0.1, -0.05) is 23.5 Å². The number of amides is 3. The van der Waals surface area contributed by atoms with E-state index in [0.29, 0.717) is 16.4 Å². The molecule has 0 saturated heterocycles. The molecule has 3 rings (SSSR count). The average molecular weight is 385 g/mol. The number of nitrogens with zero attached hydrogens (tertiary/aromatic N) is 2. The van der Waals surface area contributed by atoms with Crippen LogP contribution in [0.3, 0.4) is 0 Å². The minimum absolute atomic E-state index is 0.0485. The fourth-order valence-corrected chi connectivity index (χ4v) is 2.97. The third-order valence-electron chi connectivity index (χ3n) is 3.40. The van der Waals surface area contributed by atoms with Crippen LogP contribution in [0.4, 0.5) is 25.7 Å². The van der Waals surface area contributed by atoms with Crippen molar-refractivity contribution in [3.8, 4) is 0 Å². The maximum Gasteiger partial charge on any atom is 0.325 e. The first kappa shape index (κ1) is 18.5. The van der Waals surface area contributed by atoms with Crippen molar-refractivity contribution in [3.05, 3.63) is 64.9 Å². The summed E-state index contributed by atoms with van der Waals surface area (Å²) in [5.74, 6) is -0.613. The highest BCUT2D eigenvalue weighted by Gasteiger charge is 2.12. The van der Waals surface area contributed by atoms with Gasteiger partial charge in [0.2, 0.25) is 11.0 Å². The molecule has 0 spiro atoms. The van der Waals surface area contributed by atoms with E-state index in [2.05, 4.69) is 26.1 Å². The van der Waals surface area contributed by atoms with Crippen molar-refractivity contribution in [1.29, 1.82) is 0 Å². The van der Waals surface area contributed by atoms with Crippen molar-refractivity contribution < 1.29 is 14.0 Å².